The number of amides is 1. The van der Waals surface area contributed by atoms with Crippen molar-refractivity contribution in [2.45, 2.75) is 6.54 Å². The summed E-state index contributed by atoms with van der Waals surface area (Å²) in [5.74, 6) is 1.03. The Kier molecular flexibility index (Phi) is 6.92. The van der Waals surface area contributed by atoms with Crippen LogP contribution in [0.15, 0.2) is 73.1 Å². The molecule has 0 atom stereocenters. The van der Waals surface area contributed by atoms with Crippen molar-refractivity contribution in [2.75, 3.05) is 36.4 Å². The number of piperazine rings is 1. The molecule has 0 radical (unpaired) electrons. The maximum Gasteiger partial charge on any atom is 0.249 e. The zero-order valence-corrected chi connectivity index (χ0v) is 17.9. The summed E-state index contributed by atoms with van der Waals surface area (Å²) in [6.07, 6.45) is 4.62. The highest BCUT2D eigenvalue weighted by atomic mass is 35.5. The number of anilines is 2. The minimum Gasteiger partial charge on any atom is -0.354 e. The van der Waals surface area contributed by atoms with Crippen molar-refractivity contribution in [3.05, 3.63) is 89.2 Å². The lowest BCUT2D eigenvalue weighted by molar-refractivity contribution is -0.111. The highest BCUT2D eigenvalue weighted by molar-refractivity contribution is 6.32. The van der Waals surface area contributed by atoms with Gasteiger partial charge in [-0.25, -0.2) is 9.97 Å². The molecular formula is C24H24ClN5O. The summed E-state index contributed by atoms with van der Waals surface area (Å²) in [4.78, 5) is 25.5. The molecule has 1 fully saturated rings. The van der Waals surface area contributed by atoms with E-state index < -0.39 is 0 Å². The fourth-order valence-electron chi connectivity index (χ4n) is 3.51. The van der Waals surface area contributed by atoms with Gasteiger partial charge < -0.3 is 10.2 Å². The predicted molar refractivity (Wildman–Crippen MR) is 125 cm³/mol. The molecule has 1 saturated heterocycles. The molecule has 31 heavy (non-hydrogen) atoms. The summed E-state index contributed by atoms with van der Waals surface area (Å²) < 4.78 is 0. The number of hydrogen-bond donors (Lipinski definition) is 1. The standard InChI is InChI=1S/C24H24ClN5O/c25-21-9-5-4-8-20(21)10-11-24(31)28-22-16-23(27-18-26-22)30-14-12-29(13-15-30)17-19-6-2-1-3-7-19/h1-11,16,18H,12-15,17H2,(H,26,27,28,31)/b11-10+. The van der Waals surface area contributed by atoms with Crippen LogP contribution < -0.4 is 10.2 Å². The van der Waals surface area contributed by atoms with E-state index in [4.69, 9.17) is 11.6 Å². The lowest BCUT2D eigenvalue weighted by atomic mass is 10.2. The average Bonchev–Trinajstić information content (AvgIpc) is 2.80. The number of halogens is 1. The quantitative estimate of drug-likeness (QED) is 0.593. The second-order valence-electron chi connectivity index (χ2n) is 7.35. The zero-order valence-electron chi connectivity index (χ0n) is 17.1. The van der Waals surface area contributed by atoms with Gasteiger partial charge in [-0.2, -0.15) is 0 Å². The molecule has 2 heterocycles. The van der Waals surface area contributed by atoms with Crippen LogP contribution in [0.2, 0.25) is 5.02 Å². The number of rotatable bonds is 6. The lowest BCUT2D eigenvalue weighted by Gasteiger charge is -2.35. The number of aromatic nitrogens is 2. The molecule has 0 bridgehead atoms. The first kappa shape index (κ1) is 21.0. The Morgan fingerprint density at radius 1 is 1.00 bits per heavy atom. The van der Waals surface area contributed by atoms with Gasteiger partial charge in [0.1, 0.15) is 18.0 Å². The molecule has 1 aromatic heterocycles. The van der Waals surface area contributed by atoms with Gasteiger partial charge in [0.05, 0.1) is 0 Å². The Labute approximate surface area is 187 Å². The van der Waals surface area contributed by atoms with E-state index in [9.17, 15) is 4.79 Å². The Balaban J connectivity index is 1.32. The Bertz CT molecular complexity index is 1050. The minimum absolute atomic E-state index is 0.266. The topological polar surface area (TPSA) is 61.4 Å². The second-order valence-corrected chi connectivity index (χ2v) is 7.76. The van der Waals surface area contributed by atoms with Gasteiger partial charge >= 0.3 is 0 Å². The fourth-order valence-corrected chi connectivity index (χ4v) is 3.71. The molecule has 1 amide bonds. The summed E-state index contributed by atoms with van der Waals surface area (Å²) in [6, 6.07) is 19.7. The van der Waals surface area contributed by atoms with E-state index in [1.807, 2.05) is 30.3 Å². The number of carbonyl (C=O) groups is 1. The summed E-state index contributed by atoms with van der Waals surface area (Å²) in [7, 11) is 0. The third-order valence-corrected chi connectivity index (χ3v) is 5.51. The monoisotopic (exact) mass is 433 g/mol. The minimum atomic E-state index is -0.266. The number of benzene rings is 2. The van der Waals surface area contributed by atoms with Gasteiger partial charge in [0.15, 0.2) is 0 Å². The van der Waals surface area contributed by atoms with E-state index in [2.05, 4.69) is 49.4 Å². The molecular weight excluding hydrogens is 410 g/mol. The van der Waals surface area contributed by atoms with Crippen LogP contribution in [-0.2, 0) is 11.3 Å². The molecule has 1 aliphatic heterocycles. The highest BCUT2D eigenvalue weighted by Gasteiger charge is 2.18. The van der Waals surface area contributed by atoms with E-state index in [1.165, 1.54) is 18.0 Å². The third-order valence-electron chi connectivity index (χ3n) is 5.17. The summed E-state index contributed by atoms with van der Waals surface area (Å²) >= 11 is 6.12. The Morgan fingerprint density at radius 2 is 1.74 bits per heavy atom. The molecule has 158 valence electrons. The first-order valence-corrected chi connectivity index (χ1v) is 10.6. The summed E-state index contributed by atoms with van der Waals surface area (Å²) in [5.41, 5.74) is 2.11. The second kappa shape index (κ2) is 10.2. The van der Waals surface area contributed by atoms with Crippen LogP contribution in [0, 0.1) is 0 Å². The fraction of sp³-hybridized carbons (Fsp3) is 0.208. The maximum absolute atomic E-state index is 12.3. The Morgan fingerprint density at radius 3 is 2.52 bits per heavy atom. The maximum atomic E-state index is 12.3. The van der Waals surface area contributed by atoms with Gasteiger partial charge in [0, 0.05) is 49.9 Å². The predicted octanol–water partition coefficient (Wildman–Crippen LogP) is 4.10. The lowest BCUT2D eigenvalue weighted by Crippen LogP contribution is -2.46. The largest absolute Gasteiger partial charge is 0.354 e. The molecule has 0 saturated carbocycles. The van der Waals surface area contributed by atoms with Crippen LogP contribution in [-0.4, -0.2) is 47.0 Å². The number of carbonyl (C=O) groups excluding carboxylic acids is 1. The molecule has 0 aliphatic carbocycles. The number of hydrogen-bond acceptors (Lipinski definition) is 5. The molecule has 1 aliphatic rings. The third kappa shape index (κ3) is 5.90. The van der Waals surface area contributed by atoms with Gasteiger partial charge in [0.25, 0.3) is 0 Å². The van der Waals surface area contributed by atoms with Crippen molar-refractivity contribution < 1.29 is 4.79 Å². The van der Waals surface area contributed by atoms with Crippen LogP contribution in [0.5, 0.6) is 0 Å². The van der Waals surface area contributed by atoms with Crippen LogP contribution >= 0.6 is 11.6 Å². The van der Waals surface area contributed by atoms with E-state index in [1.54, 1.807) is 12.1 Å². The van der Waals surface area contributed by atoms with Crippen molar-refractivity contribution in [1.82, 2.24) is 14.9 Å². The van der Waals surface area contributed by atoms with Crippen molar-refractivity contribution in [1.29, 1.82) is 0 Å². The summed E-state index contributed by atoms with van der Waals surface area (Å²) in [6.45, 7) is 4.63. The van der Waals surface area contributed by atoms with Crippen LogP contribution in [0.25, 0.3) is 6.08 Å². The highest BCUT2D eigenvalue weighted by Crippen LogP contribution is 2.18. The van der Waals surface area contributed by atoms with Gasteiger partial charge in [-0.3, -0.25) is 9.69 Å². The smallest absolute Gasteiger partial charge is 0.249 e. The number of nitrogens with one attached hydrogen (secondary N) is 1. The van der Waals surface area contributed by atoms with E-state index in [0.29, 0.717) is 10.8 Å². The van der Waals surface area contributed by atoms with Gasteiger partial charge in [-0.1, -0.05) is 60.1 Å². The summed E-state index contributed by atoms with van der Waals surface area (Å²) in [5, 5.41) is 3.39. The van der Waals surface area contributed by atoms with E-state index in [-0.39, 0.29) is 5.91 Å². The number of nitrogens with zero attached hydrogens (tertiary/aromatic N) is 4. The normalized spacial score (nSPS) is 14.7. The Hall–Kier alpha value is -3.22. The van der Waals surface area contributed by atoms with Crippen molar-refractivity contribution in [3.8, 4) is 0 Å². The molecule has 1 N–H and O–H groups in total. The molecule has 3 aromatic rings. The van der Waals surface area contributed by atoms with Gasteiger partial charge in [-0.15, -0.1) is 0 Å². The van der Waals surface area contributed by atoms with E-state index >= 15 is 0 Å². The molecule has 0 spiro atoms. The molecule has 2 aromatic carbocycles. The van der Waals surface area contributed by atoms with Crippen molar-refractivity contribution in [3.63, 3.8) is 0 Å². The van der Waals surface area contributed by atoms with Crippen molar-refractivity contribution in [2.24, 2.45) is 0 Å². The average molecular weight is 434 g/mol. The molecule has 0 unspecified atom stereocenters. The first-order valence-electron chi connectivity index (χ1n) is 10.2. The molecule has 4 rings (SSSR count). The van der Waals surface area contributed by atoms with Crippen LogP contribution in [0.4, 0.5) is 11.6 Å². The van der Waals surface area contributed by atoms with Gasteiger partial charge in [0.2, 0.25) is 5.91 Å². The van der Waals surface area contributed by atoms with Gasteiger partial charge in [-0.05, 0) is 23.3 Å². The molecule has 6 nitrogen and oxygen atoms in total. The first-order chi connectivity index (χ1) is 15.2. The SMILES string of the molecule is O=C(/C=C/c1ccccc1Cl)Nc1cc(N2CCN(Cc3ccccc3)CC2)ncn1. The zero-order chi connectivity index (χ0) is 21.5. The molecule has 7 heteroatoms. The van der Waals surface area contributed by atoms with Crippen LogP contribution in [0.1, 0.15) is 11.1 Å². The van der Waals surface area contributed by atoms with Crippen LogP contribution in [0.3, 0.4) is 0 Å². The van der Waals surface area contributed by atoms with E-state index in [0.717, 1.165) is 44.1 Å². The van der Waals surface area contributed by atoms with Crippen molar-refractivity contribution >= 4 is 35.2 Å².